The van der Waals surface area contributed by atoms with Crippen molar-refractivity contribution in [3.63, 3.8) is 0 Å². The van der Waals surface area contributed by atoms with Crippen molar-refractivity contribution < 1.29 is 5.11 Å². The summed E-state index contributed by atoms with van der Waals surface area (Å²) in [5.74, 6) is 4.49. The Kier molecular flexibility index (Phi) is 5.62. The van der Waals surface area contributed by atoms with Crippen LogP contribution in [-0.4, -0.2) is 11.2 Å². The SMILES string of the molecule is C=C(C)CCCC(C)[C@H]1CCC2C3CC=C4C[C@@H](O)CC[C@]4(C)C3CC[C@@]21C. The fourth-order valence-corrected chi connectivity index (χ4v) is 8.54. The molecule has 0 aromatic heterocycles. The van der Waals surface area contributed by atoms with Crippen LogP contribution in [0, 0.1) is 40.4 Å². The van der Waals surface area contributed by atoms with E-state index in [4.69, 9.17) is 0 Å². The molecule has 3 fully saturated rings. The summed E-state index contributed by atoms with van der Waals surface area (Å²) in [5, 5.41) is 10.2. The van der Waals surface area contributed by atoms with Crippen molar-refractivity contribution in [1.82, 2.24) is 0 Å². The molecule has 158 valence electrons. The molecule has 1 N–H and O–H groups in total. The quantitative estimate of drug-likeness (QED) is 0.493. The Labute approximate surface area is 174 Å². The predicted octanol–water partition coefficient (Wildman–Crippen LogP) is 7.31. The van der Waals surface area contributed by atoms with Crippen LogP contribution in [-0.2, 0) is 0 Å². The normalized spacial score (nSPS) is 46.2. The average molecular weight is 385 g/mol. The summed E-state index contributed by atoms with van der Waals surface area (Å²) in [4.78, 5) is 0. The Morgan fingerprint density at radius 1 is 1.18 bits per heavy atom. The van der Waals surface area contributed by atoms with Crippen LogP contribution in [0.5, 0.6) is 0 Å². The lowest BCUT2D eigenvalue weighted by molar-refractivity contribution is -0.0572. The van der Waals surface area contributed by atoms with Crippen LogP contribution in [0.4, 0.5) is 0 Å². The monoisotopic (exact) mass is 384 g/mol. The molecule has 0 amide bonds. The molecule has 1 nitrogen and oxygen atoms in total. The molecule has 0 bridgehead atoms. The van der Waals surface area contributed by atoms with E-state index in [-0.39, 0.29) is 6.10 Å². The highest BCUT2D eigenvalue weighted by atomic mass is 16.3. The first-order chi connectivity index (χ1) is 13.3. The van der Waals surface area contributed by atoms with Crippen LogP contribution >= 0.6 is 0 Å². The van der Waals surface area contributed by atoms with Crippen LogP contribution in [0.2, 0.25) is 0 Å². The van der Waals surface area contributed by atoms with Gasteiger partial charge in [-0.05, 0) is 112 Å². The van der Waals surface area contributed by atoms with Crippen LogP contribution in [0.15, 0.2) is 23.8 Å². The molecule has 0 spiro atoms. The number of hydrogen-bond donors (Lipinski definition) is 1. The molecule has 0 radical (unpaired) electrons. The summed E-state index contributed by atoms with van der Waals surface area (Å²) in [7, 11) is 0. The molecule has 3 saturated carbocycles. The van der Waals surface area contributed by atoms with Gasteiger partial charge in [-0.3, -0.25) is 0 Å². The Balaban J connectivity index is 1.50. The van der Waals surface area contributed by atoms with Crippen molar-refractivity contribution in [3.05, 3.63) is 23.8 Å². The van der Waals surface area contributed by atoms with Gasteiger partial charge in [-0.2, -0.15) is 0 Å². The van der Waals surface area contributed by atoms with Gasteiger partial charge >= 0.3 is 0 Å². The molecule has 4 rings (SSSR count). The van der Waals surface area contributed by atoms with Crippen molar-refractivity contribution in [2.75, 3.05) is 0 Å². The zero-order valence-electron chi connectivity index (χ0n) is 19.0. The highest BCUT2D eigenvalue weighted by molar-refractivity contribution is 5.25. The summed E-state index contributed by atoms with van der Waals surface area (Å²) < 4.78 is 0. The van der Waals surface area contributed by atoms with Gasteiger partial charge in [0.25, 0.3) is 0 Å². The highest BCUT2D eigenvalue weighted by Gasteiger charge is 2.59. The fraction of sp³-hybridized carbons (Fsp3) is 0.852. The first-order valence-corrected chi connectivity index (χ1v) is 12.3. The zero-order chi connectivity index (χ0) is 20.1. The minimum Gasteiger partial charge on any atom is -0.393 e. The molecule has 0 aromatic rings. The maximum Gasteiger partial charge on any atom is 0.0577 e. The lowest BCUT2D eigenvalue weighted by Gasteiger charge is -2.58. The first kappa shape index (κ1) is 20.7. The molecular formula is C27H44O. The van der Waals surface area contributed by atoms with Crippen molar-refractivity contribution in [1.29, 1.82) is 0 Å². The number of fused-ring (bicyclic) bond motifs is 5. The third-order valence-electron chi connectivity index (χ3n) is 10.1. The minimum atomic E-state index is -0.0827. The van der Waals surface area contributed by atoms with E-state index < -0.39 is 0 Å². The molecule has 1 heteroatoms. The molecule has 0 aromatic carbocycles. The largest absolute Gasteiger partial charge is 0.393 e. The van der Waals surface area contributed by atoms with Crippen LogP contribution in [0.1, 0.15) is 98.3 Å². The average Bonchev–Trinajstić information content (AvgIpc) is 2.99. The lowest BCUT2D eigenvalue weighted by atomic mass is 9.47. The molecule has 0 saturated heterocycles. The van der Waals surface area contributed by atoms with Gasteiger partial charge in [-0.25, -0.2) is 0 Å². The Morgan fingerprint density at radius 2 is 1.96 bits per heavy atom. The third kappa shape index (κ3) is 3.34. The molecule has 4 aliphatic rings. The molecule has 4 unspecified atom stereocenters. The second-order valence-corrected chi connectivity index (χ2v) is 11.7. The van der Waals surface area contributed by atoms with Crippen molar-refractivity contribution in [2.24, 2.45) is 40.4 Å². The number of allylic oxidation sites excluding steroid dienone is 2. The van der Waals surface area contributed by atoms with Gasteiger partial charge in [0.15, 0.2) is 0 Å². The number of rotatable bonds is 5. The Hall–Kier alpha value is -0.560. The lowest BCUT2D eigenvalue weighted by Crippen LogP contribution is -2.50. The van der Waals surface area contributed by atoms with E-state index in [2.05, 4.69) is 40.3 Å². The van der Waals surface area contributed by atoms with E-state index in [9.17, 15) is 5.11 Å². The molecule has 28 heavy (non-hydrogen) atoms. The van der Waals surface area contributed by atoms with E-state index in [1.54, 1.807) is 5.57 Å². The zero-order valence-corrected chi connectivity index (χ0v) is 19.0. The molecule has 8 atom stereocenters. The number of aliphatic hydroxyl groups is 1. The fourth-order valence-electron chi connectivity index (χ4n) is 8.54. The predicted molar refractivity (Wildman–Crippen MR) is 119 cm³/mol. The Bertz CT molecular complexity index is 632. The van der Waals surface area contributed by atoms with Gasteiger partial charge in [0, 0.05) is 0 Å². The number of hydrogen-bond acceptors (Lipinski definition) is 1. The molecule has 0 aliphatic heterocycles. The maximum atomic E-state index is 10.2. The highest BCUT2D eigenvalue weighted by Crippen LogP contribution is 2.67. The molecule has 0 heterocycles. The number of aliphatic hydroxyl groups excluding tert-OH is 1. The maximum absolute atomic E-state index is 10.2. The third-order valence-corrected chi connectivity index (χ3v) is 10.1. The van der Waals surface area contributed by atoms with Gasteiger partial charge in [-0.15, -0.1) is 6.58 Å². The van der Waals surface area contributed by atoms with E-state index in [1.165, 1.54) is 63.4 Å². The second-order valence-electron chi connectivity index (χ2n) is 11.7. The summed E-state index contributed by atoms with van der Waals surface area (Å²) in [6, 6.07) is 0. The summed E-state index contributed by atoms with van der Waals surface area (Å²) in [6.07, 6.45) is 16.7. The Morgan fingerprint density at radius 3 is 2.71 bits per heavy atom. The van der Waals surface area contributed by atoms with Gasteiger partial charge in [-0.1, -0.05) is 44.4 Å². The topological polar surface area (TPSA) is 20.2 Å². The van der Waals surface area contributed by atoms with Gasteiger partial charge in [0.2, 0.25) is 0 Å². The van der Waals surface area contributed by atoms with E-state index in [0.717, 1.165) is 42.4 Å². The molecular weight excluding hydrogens is 340 g/mol. The summed E-state index contributed by atoms with van der Waals surface area (Å²) in [5.41, 5.74) is 3.91. The standard InChI is InChI=1S/C27H44O/c1-18(2)7-6-8-19(3)23-11-12-24-22-10-9-20-17-21(28)13-15-26(20,4)25(22)14-16-27(23,24)5/h9,19,21-25,28H,1,6-8,10-17H2,2-5H3/t19?,21-,22?,23+,24?,25?,26-,27+/m0/s1. The van der Waals surface area contributed by atoms with Gasteiger partial charge in [0.05, 0.1) is 6.10 Å². The van der Waals surface area contributed by atoms with E-state index in [0.29, 0.717) is 10.8 Å². The van der Waals surface area contributed by atoms with E-state index in [1.807, 2.05) is 0 Å². The first-order valence-electron chi connectivity index (χ1n) is 12.3. The van der Waals surface area contributed by atoms with E-state index >= 15 is 0 Å². The second kappa shape index (κ2) is 7.60. The van der Waals surface area contributed by atoms with Crippen LogP contribution in [0.25, 0.3) is 0 Å². The van der Waals surface area contributed by atoms with Crippen LogP contribution < -0.4 is 0 Å². The summed E-state index contributed by atoms with van der Waals surface area (Å²) >= 11 is 0. The van der Waals surface area contributed by atoms with Crippen molar-refractivity contribution >= 4 is 0 Å². The van der Waals surface area contributed by atoms with Crippen LogP contribution in [0.3, 0.4) is 0 Å². The van der Waals surface area contributed by atoms with Crippen molar-refractivity contribution in [2.45, 2.75) is 104 Å². The van der Waals surface area contributed by atoms with Gasteiger partial charge in [0.1, 0.15) is 0 Å². The van der Waals surface area contributed by atoms with Crippen molar-refractivity contribution in [3.8, 4) is 0 Å². The van der Waals surface area contributed by atoms with Gasteiger partial charge < -0.3 is 5.11 Å². The summed E-state index contributed by atoms with van der Waals surface area (Å²) in [6.45, 7) is 14.0. The minimum absolute atomic E-state index is 0.0827. The smallest absolute Gasteiger partial charge is 0.0577 e. The molecule has 4 aliphatic carbocycles.